The van der Waals surface area contributed by atoms with Crippen molar-refractivity contribution in [3.63, 3.8) is 0 Å². The summed E-state index contributed by atoms with van der Waals surface area (Å²) in [6, 6.07) is 16.1. The maximum absolute atomic E-state index is 5.97. The molecular formula is C28H36O4. The van der Waals surface area contributed by atoms with Crippen LogP contribution < -0.4 is 9.47 Å². The van der Waals surface area contributed by atoms with Gasteiger partial charge in [-0.1, -0.05) is 48.1 Å². The van der Waals surface area contributed by atoms with Crippen molar-refractivity contribution >= 4 is 0 Å². The Morgan fingerprint density at radius 1 is 0.844 bits per heavy atom. The molecule has 0 N–H and O–H groups in total. The van der Waals surface area contributed by atoms with E-state index in [-0.39, 0.29) is 0 Å². The highest BCUT2D eigenvalue weighted by molar-refractivity contribution is 5.27. The lowest BCUT2D eigenvalue weighted by atomic mass is 9.87. The fraction of sp³-hybridized carbons (Fsp3) is 0.429. The molecule has 0 aromatic heterocycles. The first kappa shape index (κ1) is 24.1. The van der Waals surface area contributed by atoms with E-state index in [4.69, 9.17) is 18.9 Å². The maximum atomic E-state index is 5.97. The van der Waals surface area contributed by atoms with E-state index >= 15 is 0 Å². The van der Waals surface area contributed by atoms with Crippen molar-refractivity contribution in [3.8, 4) is 11.5 Å². The van der Waals surface area contributed by atoms with Crippen LogP contribution in [0.2, 0.25) is 0 Å². The molecule has 0 spiro atoms. The molecule has 4 nitrogen and oxygen atoms in total. The Balaban J connectivity index is 1.43. The molecule has 32 heavy (non-hydrogen) atoms. The molecule has 0 saturated carbocycles. The molecule has 0 radical (unpaired) electrons. The number of methoxy groups -OCH3 is 2. The molecule has 1 aliphatic carbocycles. The second kappa shape index (κ2) is 13.8. The van der Waals surface area contributed by atoms with Crippen molar-refractivity contribution in [1.29, 1.82) is 0 Å². The van der Waals surface area contributed by atoms with Gasteiger partial charge in [0.15, 0.2) is 0 Å². The molecule has 0 saturated heterocycles. The minimum atomic E-state index is 0.537. The van der Waals surface area contributed by atoms with Gasteiger partial charge in [0.05, 0.1) is 40.6 Å². The smallest absolute Gasteiger partial charge is 0.118 e. The summed E-state index contributed by atoms with van der Waals surface area (Å²) in [6.45, 7) is 2.71. The SMILES string of the molecule is COc1ccc(COCC/C=C(/CCOCc2ccc(OC)cc2)[C@@H]2C=CCCC2)cc1. The van der Waals surface area contributed by atoms with Crippen LogP contribution in [-0.2, 0) is 22.7 Å². The average molecular weight is 437 g/mol. The third-order valence-electron chi connectivity index (χ3n) is 5.79. The minimum Gasteiger partial charge on any atom is -0.497 e. The first-order valence-electron chi connectivity index (χ1n) is 11.6. The number of hydrogen-bond donors (Lipinski definition) is 0. The third-order valence-corrected chi connectivity index (χ3v) is 5.79. The Morgan fingerprint density at radius 3 is 1.97 bits per heavy atom. The van der Waals surface area contributed by atoms with Crippen LogP contribution in [0, 0.1) is 5.92 Å². The Labute approximate surface area is 192 Å². The predicted octanol–water partition coefficient (Wildman–Crippen LogP) is 6.50. The van der Waals surface area contributed by atoms with E-state index < -0.39 is 0 Å². The summed E-state index contributed by atoms with van der Waals surface area (Å²) in [4.78, 5) is 0. The standard InChI is InChI=1S/C28H36O4/c1-29-27-14-10-23(11-15-27)21-31-19-6-9-26(25-7-4-3-5-8-25)18-20-32-22-24-12-16-28(30-2)17-13-24/h4,7,9-17,25H,3,5-6,8,18-22H2,1-2H3/b26-9-/t25-/m1/s1. The van der Waals surface area contributed by atoms with Crippen molar-refractivity contribution < 1.29 is 18.9 Å². The van der Waals surface area contributed by atoms with Gasteiger partial charge >= 0.3 is 0 Å². The first-order chi connectivity index (χ1) is 15.8. The fourth-order valence-corrected chi connectivity index (χ4v) is 3.90. The van der Waals surface area contributed by atoms with Crippen molar-refractivity contribution in [1.82, 2.24) is 0 Å². The Hall–Kier alpha value is -2.56. The van der Waals surface area contributed by atoms with E-state index in [0.717, 1.165) is 43.1 Å². The van der Waals surface area contributed by atoms with Gasteiger partial charge in [0.2, 0.25) is 0 Å². The van der Waals surface area contributed by atoms with Crippen molar-refractivity contribution in [3.05, 3.63) is 83.5 Å². The molecule has 0 amide bonds. The van der Waals surface area contributed by atoms with Crippen molar-refractivity contribution in [2.24, 2.45) is 5.92 Å². The van der Waals surface area contributed by atoms with Crippen LogP contribution in [0.25, 0.3) is 0 Å². The summed E-state index contributed by atoms with van der Waals surface area (Å²) >= 11 is 0. The molecule has 2 aromatic carbocycles. The van der Waals surface area contributed by atoms with Gasteiger partial charge in [-0.2, -0.15) is 0 Å². The van der Waals surface area contributed by atoms with Gasteiger partial charge in [0, 0.05) is 0 Å². The van der Waals surface area contributed by atoms with E-state index in [0.29, 0.717) is 19.1 Å². The Morgan fingerprint density at radius 2 is 1.44 bits per heavy atom. The van der Waals surface area contributed by atoms with Crippen LogP contribution >= 0.6 is 0 Å². The van der Waals surface area contributed by atoms with Crippen LogP contribution in [0.5, 0.6) is 11.5 Å². The summed E-state index contributed by atoms with van der Waals surface area (Å²) in [5.74, 6) is 2.28. The number of benzene rings is 2. The molecule has 3 rings (SSSR count). The molecule has 1 aliphatic rings. The lowest BCUT2D eigenvalue weighted by Gasteiger charge is -2.20. The third kappa shape index (κ3) is 8.18. The van der Waals surface area contributed by atoms with Gasteiger partial charge in [-0.25, -0.2) is 0 Å². The van der Waals surface area contributed by atoms with Gasteiger partial charge in [0.25, 0.3) is 0 Å². The van der Waals surface area contributed by atoms with E-state index in [2.05, 4.69) is 30.4 Å². The highest BCUT2D eigenvalue weighted by Gasteiger charge is 2.13. The quantitative estimate of drug-likeness (QED) is 0.265. The second-order valence-electron chi connectivity index (χ2n) is 8.08. The molecule has 0 bridgehead atoms. The zero-order chi connectivity index (χ0) is 22.4. The maximum Gasteiger partial charge on any atom is 0.118 e. The molecule has 0 heterocycles. The number of rotatable bonds is 13. The minimum absolute atomic E-state index is 0.537. The monoisotopic (exact) mass is 436 g/mol. The summed E-state index contributed by atoms with van der Waals surface area (Å²) < 4.78 is 22.3. The predicted molar refractivity (Wildman–Crippen MR) is 129 cm³/mol. The van der Waals surface area contributed by atoms with Crippen LogP contribution in [0.3, 0.4) is 0 Å². The summed E-state index contributed by atoms with van der Waals surface area (Å²) in [6.07, 6.45) is 12.6. The van der Waals surface area contributed by atoms with Gasteiger partial charge in [-0.05, 0) is 73.4 Å². The molecule has 0 aliphatic heterocycles. The lowest BCUT2D eigenvalue weighted by molar-refractivity contribution is 0.120. The second-order valence-corrected chi connectivity index (χ2v) is 8.08. The Bertz CT molecular complexity index is 837. The van der Waals surface area contributed by atoms with E-state index in [1.54, 1.807) is 14.2 Å². The molecule has 4 heteroatoms. The Kier molecular flexibility index (Phi) is 10.4. The van der Waals surface area contributed by atoms with Crippen LogP contribution in [0.4, 0.5) is 0 Å². The van der Waals surface area contributed by atoms with Crippen molar-refractivity contribution in [2.45, 2.75) is 45.3 Å². The van der Waals surface area contributed by atoms with Crippen molar-refractivity contribution in [2.75, 3.05) is 27.4 Å². The van der Waals surface area contributed by atoms with E-state index in [9.17, 15) is 0 Å². The van der Waals surface area contributed by atoms with Gasteiger partial charge in [-0.15, -0.1) is 0 Å². The molecule has 1 atom stereocenters. The zero-order valence-corrected chi connectivity index (χ0v) is 19.4. The number of allylic oxidation sites excluding steroid dienone is 2. The molecule has 0 fully saturated rings. The van der Waals surface area contributed by atoms with Crippen LogP contribution in [-0.4, -0.2) is 27.4 Å². The largest absolute Gasteiger partial charge is 0.497 e. The molecule has 0 unspecified atom stereocenters. The number of ether oxygens (including phenoxy) is 4. The summed E-state index contributed by atoms with van der Waals surface area (Å²) in [5.41, 5.74) is 3.81. The summed E-state index contributed by atoms with van der Waals surface area (Å²) in [7, 11) is 3.37. The van der Waals surface area contributed by atoms with Gasteiger partial charge in [0.1, 0.15) is 11.5 Å². The summed E-state index contributed by atoms with van der Waals surface area (Å²) in [5, 5.41) is 0. The first-order valence-corrected chi connectivity index (χ1v) is 11.6. The highest BCUT2D eigenvalue weighted by atomic mass is 16.5. The molecular weight excluding hydrogens is 400 g/mol. The zero-order valence-electron chi connectivity index (χ0n) is 19.4. The van der Waals surface area contributed by atoms with Crippen LogP contribution in [0.1, 0.15) is 43.2 Å². The normalized spacial score (nSPS) is 16.2. The number of hydrogen-bond acceptors (Lipinski definition) is 4. The fourth-order valence-electron chi connectivity index (χ4n) is 3.90. The topological polar surface area (TPSA) is 36.9 Å². The van der Waals surface area contributed by atoms with Gasteiger partial charge in [-0.3, -0.25) is 0 Å². The molecule has 172 valence electrons. The molecule has 2 aromatic rings. The van der Waals surface area contributed by atoms with Gasteiger partial charge < -0.3 is 18.9 Å². The average Bonchev–Trinajstić information content (AvgIpc) is 2.86. The van der Waals surface area contributed by atoms with Crippen LogP contribution in [0.15, 0.2) is 72.3 Å². The van der Waals surface area contributed by atoms with E-state index in [1.807, 2.05) is 36.4 Å². The van der Waals surface area contributed by atoms with E-state index in [1.165, 1.54) is 30.4 Å². The lowest BCUT2D eigenvalue weighted by Crippen LogP contribution is -2.08. The highest BCUT2D eigenvalue weighted by Crippen LogP contribution is 2.27.